The fourth-order valence-corrected chi connectivity index (χ4v) is 3.22. The molecule has 0 spiro atoms. The molecule has 0 saturated heterocycles. The molecule has 2 aromatic rings. The van der Waals surface area contributed by atoms with E-state index in [0.717, 1.165) is 5.56 Å². The fraction of sp³-hybridized carbons (Fsp3) is 0.263. The third-order valence-electron chi connectivity index (χ3n) is 4.28. The van der Waals surface area contributed by atoms with Crippen LogP contribution in [0.4, 0.5) is 10.1 Å². The molecule has 2 atom stereocenters. The Balaban J connectivity index is 1.43. The summed E-state index contributed by atoms with van der Waals surface area (Å²) in [5.41, 5.74) is 1.41. The van der Waals surface area contributed by atoms with Gasteiger partial charge in [0, 0.05) is 22.3 Å². The highest BCUT2D eigenvalue weighted by Gasteiger charge is 2.47. The van der Waals surface area contributed by atoms with Crippen molar-refractivity contribution >= 4 is 40.7 Å². The van der Waals surface area contributed by atoms with E-state index in [4.69, 9.17) is 23.2 Å². The highest BCUT2D eigenvalue weighted by molar-refractivity contribution is 6.35. The second-order valence-corrected chi connectivity index (χ2v) is 7.07. The maximum Gasteiger partial charge on any atom is 0.228 e. The number of hydrogen-bond donors (Lipinski definition) is 2. The van der Waals surface area contributed by atoms with E-state index in [1.807, 2.05) is 6.07 Å². The normalized spacial score (nSPS) is 18.3. The predicted molar refractivity (Wildman–Crippen MR) is 99.8 cm³/mol. The molecule has 0 radical (unpaired) electrons. The van der Waals surface area contributed by atoms with Crippen LogP contribution in [-0.4, -0.2) is 18.4 Å². The number of rotatable bonds is 6. The summed E-state index contributed by atoms with van der Waals surface area (Å²) in [4.78, 5) is 24.3. The molecule has 136 valence electrons. The summed E-state index contributed by atoms with van der Waals surface area (Å²) in [5, 5.41) is 6.66. The number of anilines is 1. The first-order chi connectivity index (χ1) is 12.4. The van der Waals surface area contributed by atoms with Crippen LogP contribution in [-0.2, 0) is 16.0 Å². The SMILES string of the molecule is O=C(NCCc1ccc(Cl)cc1Cl)C1CC1C(=O)Nc1ccc(F)cc1. The highest BCUT2D eigenvalue weighted by Crippen LogP contribution is 2.39. The Labute approximate surface area is 160 Å². The number of carbonyl (C=O) groups is 2. The minimum absolute atomic E-state index is 0.144. The summed E-state index contributed by atoms with van der Waals surface area (Å²) in [7, 11) is 0. The van der Waals surface area contributed by atoms with Crippen LogP contribution in [0.15, 0.2) is 42.5 Å². The Hall–Kier alpha value is -2.11. The summed E-state index contributed by atoms with van der Waals surface area (Å²) in [6, 6.07) is 10.8. The lowest BCUT2D eigenvalue weighted by Gasteiger charge is -2.07. The summed E-state index contributed by atoms with van der Waals surface area (Å²) in [5.74, 6) is -1.41. The van der Waals surface area contributed by atoms with Gasteiger partial charge in [0.05, 0.1) is 11.8 Å². The molecule has 2 N–H and O–H groups in total. The molecular formula is C19H17Cl2FN2O2. The van der Waals surface area contributed by atoms with E-state index in [1.54, 1.807) is 12.1 Å². The lowest BCUT2D eigenvalue weighted by atomic mass is 10.1. The molecule has 1 saturated carbocycles. The van der Waals surface area contributed by atoms with Gasteiger partial charge in [-0.05, 0) is 54.8 Å². The van der Waals surface area contributed by atoms with Crippen LogP contribution in [0.25, 0.3) is 0 Å². The highest BCUT2D eigenvalue weighted by atomic mass is 35.5. The quantitative estimate of drug-likeness (QED) is 0.775. The molecule has 3 rings (SSSR count). The van der Waals surface area contributed by atoms with Gasteiger partial charge in [0.1, 0.15) is 5.82 Å². The van der Waals surface area contributed by atoms with E-state index in [-0.39, 0.29) is 29.5 Å². The topological polar surface area (TPSA) is 58.2 Å². The van der Waals surface area contributed by atoms with Gasteiger partial charge in [-0.3, -0.25) is 9.59 Å². The van der Waals surface area contributed by atoms with Gasteiger partial charge in [0.15, 0.2) is 0 Å². The summed E-state index contributed by atoms with van der Waals surface area (Å²) < 4.78 is 12.9. The summed E-state index contributed by atoms with van der Waals surface area (Å²) >= 11 is 11.9. The van der Waals surface area contributed by atoms with Gasteiger partial charge in [-0.25, -0.2) is 4.39 Å². The lowest BCUT2D eigenvalue weighted by Crippen LogP contribution is -2.29. The monoisotopic (exact) mass is 394 g/mol. The van der Waals surface area contributed by atoms with Crippen molar-refractivity contribution in [2.45, 2.75) is 12.8 Å². The van der Waals surface area contributed by atoms with Crippen molar-refractivity contribution in [1.29, 1.82) is 0 Å². The third-order valence-corrected chi connectivity index (χ3v) is 4.87. The van der Waals surface area contributed by atoms with Crippen molar-refractivity contribution in [1.82, 2.24) is 5.32 Å². The Morgan fingerprint density at radius 3 is 2.42 bits per heavy atom. The van der Waals surface area contributed by atoms with Crippen molar-refractivity contribution < 1.29 is 14.0 Å². The van der Waals surface area contributed by atoms with E-state index in [2.05, 4.69) is 10.6 Å². The minimum Gasteiger partial charge on any atom is -0.356 e. The van der Waals surface area contributed by atoms with Crippen LogP contribution in [0.2, 0.25) is 10.0 Å². The van der Waals surface area contributed by atoms with Crippen molar-refractivity contribution in [2.75, 3.05) is 11.9 Å². The van der Waals surface area contributed by atoms with Crippen LogP contribution in [0, 0.1) is 17.7 Å². The maximum atomic E-state index is 12.9. The van der Waals surface area contributed by atoms with Gasteiger partial charge in [-0.1, -0.05) is 29.3 Å². The predicted octanol–water partition coefficient (Wildman–Crippen LogP) is 4.07. The average molecular weight is 395 g/mol. The third kappa shape index (κ3) is 4.74. The van der Waals surface area contributed by atoms with Gasteiger partial charge in [-0.2, -0.15) is 0 Å². The van der Waals surface area contributed by atoms with E-state index in [1.165, 1.54) is 24.3 Å². The van der Waals surface area contributed by atoms with Crippen molar-refractivity contribution in [2.24, 2.45) is 11.8 Å². The van der Waals surface area contributed by atoms with E-state index in [0.29, 0.717) is 35.1 Å². The molecule has 0 aromatic heterocycles. The van der Waals surface area contributed by atoms with Crippen LogP contribution < -0.4 is 10.6 Å². The fourth-order valence-electron chi connectivity index (χ4n) is 2.72. The Kier molecular flexibility index (Phi) is 5.79. The number of amides is 2. The maximum absolute atomic E-state index is 12.9. The Morgan fingerprint density at radius 1 is 1.04 bits per heavy atom. The van der Waals surface area contributed by atoms with Crippen LogP contribution in [0.3, 0.4) is 0 Å². The second kappa shape index (κ2) is 8.06. The Morgan fingerprint density at radius 2 is 1.73 bits per heavy atom. The van der Waals surface area contributed by atoms with Crippen LogP contribution in [0.1, 0.15) is 12.0 Å². The molecule has 2 unspecified atom stereocenters. The first kappa shape index (κ1) is 18.7. The molecule has 0 heterocycles. The van der Waals surface area contributed by atoms with Gasteiger partial charge in [0.2, 0.25) is 11.8 Å². The standard InChI is InChI=1S/C19H17Cl2FN2O2/c20-12-2-1-11(17(21)9-12)7-8-23-18(25)15-10-16(15)19(26)24-14-5-3-13(22)4-6-14/h1-6,9,15-16H,7-8,10H2,(H,23,25)(H,24,26). The second-order valence-electron chi connectivity index (χ2n) is 6.22. The lowest BCUT2D eigenvalue weighted by molar-refractivity contribution is -0.125. The van der Waals surface area contributed by atoms with Crippen molar-refractivity contribution in [3.63, 3.8) is 0 Å². The molecule has 4 nitrogen and oxygen atoms in total. The average Bonchev–Trinajstić information content (AvgIpc) is 3.40. The van der Waals surface area contributed by atoms with E-state index < -0.39 is 0 Å². The van der Waals surface area contributed by atoms with Crippen molar-refractivity contribution in [3.8, 4) is 0 Å². The first-order valence-electron chi connectivity index (χ1n) is 8.22. The zero-order valence-corrected chi connectivity index (χ0v) is 15.3. The molecular weight excluding hydrogens is 378 g/mol. The molecule has 1 aliphatic rings. The Bertz CT molecular complexity index is 827. The summed E-state index contributed by atoms with van der Waals surface area (Å²) in [6.45, 7) is 0.434. The van der Waals surface area contributed by atoms with Crippen LogP contribution in [0.5, 0.6) is 0 Å². The van der Waals surface area contributed by atoms with Crippen LogP contribution >= 0.6 is 23.2 Å². The molecule has 2 amide bonds. The van der Waals surface area contributed by atoms with Gasteiger partial charge in [-0.15, -0.1) is 0 Å². The molecule has 1 aliphatic carbocycles. The van der Waals surface area contributed by atoms with Gasteiger partial charge in [0.25, 0.3) is 0 Å². The largest absolute Gasteiger partial charge is 0.356 e. The zero-order valence-electron chi connectivity index (χ0n) is 13.8. The van der Waals surface area contributed by atoms with Crippen molar-refractivity contribution in [3.05, 3.63) is 63.9 Å². The molecule has 0 bridgehead atoms. The number of hydrogen-bond acceptors (Lipinski definition) is 2. The molecule has 26 heavy (non-hydrogen) atoms. The summed E-state index contributed by atoms with van der Waals surface area (Å²) in [6.07, 6.45) is 1.10. The number of carbonyl (C=O) groups excluding carboxylic acids is 2. The van der Waals surface area contributed by atoms with Gasteiger partial charge < -0.3 is 10.6 Å². The number of halogens is 3. The number of nitrogens with one attached hydrogen (secondary N) is 2. The molecule has 2 aromatic carbocycles. The molecule has 7 heteroatoms. The van der Waals surface area contributed by atoms with Gasteiger partial charge >= 0.3 is 0 Å². The first-order valence-corrected chi connectivity index (χ1v) is 8.97. The molecule has 1 fully saturated rings. The smallest absolute Gasteiger partial charge is 0.228 e. The zero-order chi connectivity index (χ0) is 18.7. The minimum atomic E-state index is -0.368. The van der Waals surface area contributed by atoms with E-state index >= 15 is 0 Å². The molecule has 0 aliphatic heterocycles. The number of benzene rings is 2. The van der Waals surface area contributed by atoms with E-state index in [9.17, 15) is 14.0 Å².